The van der Waals surface area contributed by atoms with Crippen LogP contribution in [0.25, 0.3) is 34.2 Å². The highest BCUT2D eigenvalue weighted by Crippen LogP contribution is 2.33. The molecule has 0 amide bonds. The Balaban J connectivity index is 0.000000455. The van der Waals surface area contributed by atoms with Gasteiger partial charge in [0.15, 0.2) is 17.5 Å². The molecule has 0 fully saturated rings. The monoisotopic (exact) mass is 512 g/mol. The van der Waals surface area contributed by atoms with Crippen molar-refractivity contribution >= 4 is 0 Å². The van der Waals surface area contributed by atoms with Crippen molar-refractivity contribution < 1.29 is 9.84 Å². The lowest BCUT2D eigenvalue weighted by Gasteiger charge is -2.11. The predicted molar refractivity (Wildman–Crippen MR) is 148 cm³/mol. The second kappa shape index (κ2) is 12.6. The number of rotatable bonds is 6. The molecule has 190 valence electrons. The van der Waals surface area contributed by atoms with E-state index in [-0.39, 0.29) is 5.75 Å². The zero-order chi connectivity index (χ0) is 26.7. The van der Waals surface area contributed by atoms with Crippen LogP contribution in [0.5, 0.6) is 11.5 Å². The maximum atomic E-state index is 10.8. The minimum atomic E-state index is 0.0461. The smallest absolute Gasteiger partial charge is 0.167 e. The fourth-order valence-electron chi connectivity index (χ4n) is 3.67. The van der Waals surface area contributed by atoms with E-state index in [2.05, 4.69) is 30.4 Å². The lowest BCUT2D eigenvalue weighted by molar-refractivity contribution is 0.304. The molecule has 2 aromatic heterocycles. The van der Waals surface area contributed by atoms with Crippen LogP contribution in [0.4, 0.5) is 0 Å². The Bertz CT molecular complexity index is 1520. The molecule has 4 aromatic carbocycles. The molecule has 0 saturated carbocycles. The van der Waals surface area contributed by atoms with Crippen LogP contribution >= 0.6 is 0 Å². The number of aromatic nitrogens is 6. The standard InChI is InChI=1S/C28H21N3O2.C3H3N3/c32-25-18-23(33-19-20-10-4-1-5-11-20)16-17-24(25)28-30-26(21-12-6-2-7-13-21)29-27(31-28)22-14-8-3-9-15-22;1-2-4-6-5-3-1/h1-18,32H,19H2;1-3H. The largest absolute Gasteiger partial charge is 0.507 e. The number of hydrogen-bond donors (Lipinski definition) is 1. The maximum Gasteiger partial charge on any atom is 0.167 e. The molecule has 2 heterocycles. The van der Waals surface area contributed by atoms with E-state index in [1.54, 1.807) is 30.6 Å². The van der Waals surface area contributed by atoms with Gasteiger partial charge in [0.25, 0.3) is 0 Å². The van der Waals surface area contributed by atoms with Crippen LogP contribution < -0.4 is 4.74 Å². The van der Waals surface area contributed by atoms with Crippen molar-refractivity contribution in [3.63, 3.8) is 0 Å². The first-order chi connectivity index (χ1) is 19.3. The SMILES string of the molecule is Oc1cc(OCc2ccccc2)ccc1-c1nc(-c2ccccc2)nc(-c2ccccc2)n1.c1cnnnc1. The van der Waals surface area contributed by atoms with Gasteiger partial charge in [-0.3, -0.25) is 0 Å². The van der Waals surface area contributed by atoms with Gasteiger partial charge in [0.05, 0.1) is 18.0 Å². The van der Waals surface area contributed by atoms with Gasteiger partial charge in [0.2, 0.25) is 0 Å². The van der Waals surface area contributed by atoms with Gasteiger partial charge in [-0.05, 0) is 29.0 Å². The Morgan fingerprint density at radius 3 is 1.59 bits per heavy atom. The zero-order valence-electron chi connectivity index (χ0n) is 20.9. The van der Waals surface area contributed by atoms with Crippen molar-refractivity contribution in [2.45, 2.75) is 6.61 Å². The highest BCUT2D eigenvalue weighted by atomic mass is 16.5. The van der Waals surface area contributed by atoms with Gasteiger partial charge in [-0.25, -0.2) is 15.0 Å². The highest BCUT2D eigenvalue weighted by Gasteiger charge is 2.15. The van der Waals surface area contributed by atoms with Gasteiger partial charge in [0.1, 0.15) is 18.1 Å². The summed E-state index contributed by atoms with van der Waals surface area (Å²) in [5, 5.41) is 20.9. The summed E-state index contributed by atoms with van der Waals surface area (Å²) in [4.78, 5) is 14.0. The molecular weight excluding hydrogens is 488 g/mol. The average molecular weight is 513 g/mol. The van der Waals surface area contributed by atoms with Gasteiger partial charge in [-0.15, -0.1) is 10.2 Å². The van der Waals surface area contributed by atoms with Crippen LogP contribution in [0.2, 0.25) is 0 Å². The molecule has 8 nitrogen and oxygen atoms in total. The molecule has 0 saturated heterocycles. The molecular formula is C31H24N6O2. The quantitative estimate of drug-likeness (QED) is 0.288. The topological polar surface area (TPSA) is 107 Å². The van der Waals surface area contributed by atoms with Gasteiger partial charge >= 0.3 is 0 Å². The fourth-order valence-corrected chi connectivity index (χ4v) is 3.67. The van der Waals surface area contributed by atoms with Crippen LogP contribution in [0.15, 0.2) is 128 Å². The lowest BCUT2D eigenvalue weighted by atomic mass is 10.1. The zero-order valence-corrected chi connectivity index (χ0v) is 20.9. The number of phenolic OH excluding ortho intramolecular Hbond substituents is 1. The van der Waals surface area contributed by atoms with Crippen molar-refractivity contribution in [2.24, 2.45) is 0 Å². The summed E-state index contributed by atoms with van der Waals surface area (Å²) >= 11 is 0. The molecule has 0 bridgehead atoms. The minimum absolute atomic E-state index is 0.0461. The third-order valence-electron chi connectivity index (χ3n) is 5.57. The summed E-state index contributed by atoms with van der Waals surface area (Å²) in [6.45, 7) is 0.418. The van der Waals surface area contributed by atoms with E-state index in [1.165, 1.54) is 0 Å². The lowest BCUT2D eigenvalue weighted by Crippen LogP contribution is -2.00. The van der Waals surface area contributed by atoms with E-state index in [0.29, 0.717) is 35.4 Å². The molecule has 39 heavy (non-hydrogen) atoms. The normalized spacial score (nSPS) is 10.3. The molecule has 1 N–H and O–H groups in total. The molecule has 0 spiro atoms. The van der Waals surface area contributed by atoms with Gasteiger partial charge in [-0.1, -0.05) is 91.0 Å². The Kier molecular flexibility index (Phi) is 8.16. The van der Waals surface area contributed by atoms with Gasteiger partial charge in [-0.2, -0.15) is 0 Å². The van der Waals surface area contributed by atoms with Crippen LogP contribution in [-0.4, -0.2) is 35.5 Å². The van der Waals surface area contributed by atoms with E-state index in [9.17, 15) is 5.11 Å². The average Bonchev–Trinajstić information content (AvgIpc) is 3.02. The van der Waals surface area contributed by atoms with E-state index < -0.39 is 0 Å². The third-order valence-corrected chi connectivity index (χ3v) is 5.57. The van der Waals surface area contributed by atoms with Crippen molar-refractivity contribution in [3.8, 4) is 45.7 Å². The summed E-state index contributed by atoms with van der Waals surface area (Å²) in [5.41, 5.74) is 3.32. The van der Waals surface area contributed by atoms with E-state index in [4.69, 9.17) is 4.74 Å². The minimum Gasteiger partial charge on any atom is -0.507 e. The molecule has 8 heteroatoms. The van der Waals surface area contributed by atoms with Crippen LogP contribution in [0.1, 0.15) is 5.56 Å². The molecule has 6 aromatic rings. The number of benzene rings is 4. The molecule has 0 aliphatic heterocycles. The first-order valence-corrected chi connectivity index (χ1v) is 12.2. The molecule has 0 atom stereocenters. The molecule has 0 aliphatic carbocycles. The van der Waals surface area contributed by atoms with E-state index in [0.717, 1.165) is 16.7 Å². The Morgan fingerprint density at radius 1 is 0.564 bits per heavy atom. The summed E-state index contributed by atoms with van der Waals surface area (Å²) in [7, 11) is 0. The number of aromatic hydroxyl groups is 1. The molecule has 0 radical (unpaired) electrons. The van der Waals surface area contributed by atoms with Crippen molar-refractivity contribution in [2.75, 3.05) is 0 Å². The summed E-state index contributed by atoms with van der Waals surface area (Å²) in [5.74, 6) is 2.10. The fraction of sp³-hybridized carbons (Fsp3) is 0.0323. The number of hydrogen-bond acceptors (Lipinski definition) is 8. The van der Waals surface area contributed by atoms with Crippen molar-refractivity contribution in [3.05, 3.63) is 133 Å². The van der Waals surface area contributed by atoms with Crippen molar-refractivity contribution in [1.29, 1.82) is 0 Å². The van der Waals surface area contributed by atoms with Crippen LogP contribution in [0, 0.1) is 0 Å². The molecule has 0 unspecified atom stereocenters. The summed E-state index contributed by atoms with van der Waals surface area (Å²) in [6, 6.07) is 36.3. The second-order valence-electron chi connectivity index (χ2n) is 8.30. The Labute approximate surface area is 225 Å². The Morgan fingerprint density at radius 2 is 1.10 bits per heavy atom. The highest BCUT2D eigenvalue weighted by molar-refractivity contribution is 5.70. The maximum absolute atomic E-state index is 10.8. The van der Waals surface area contributed by atoms with Crippen molar-refractivity contribution in [1.82, 2.24) is 30.4 Å². The second-order valence-corrected chi connectivity index (χ2v) is 8.30. The Hall–Kier alpha value is -5.50. The number of nitrogens with zero attached hydrogens (tertiary/aromatic N) is 6. The molecule has 0 aliphatic rings. The summed E-state index contributed by atoms with van der Waals surface area (Å²) < 4.78 is 5.84. The van der Waals surface area contributed by atoms with Gasteiger partial charge in [0, 0.05) is 17.2 Å². The van der Waals surface area contributed by atoms with Crippen LogP contribution in [-0.2, 0) is 6.61 Å². The predicted octanol–water partition coefficient (Wildman–Crippen LogP) is 6.03. The third kappa shape index (κ3) is 6.84. The van der Waals surface area contributed by atoms with Gasteiger partial charge < -0.3 is 9.84 Å². The first kappa shape index (κ1) is 25.2. The van der Waals surface area contributed by atoms with Crippen LogP contribution in [0.3, 0.4) is 0 Å². The molecule has 6 rings (SSSR count). The number of phenols is 1. The summed E-state index contributed by atoms with van der Waals surface area (Å²) in [6.07, 6.45) is 3.15. The van der Waals surface area contributed by atoms with E-state index >= 15 is 0 Å². The first-order valence-electron chi connectivity index (χ1n) is 12.2. The van der Waals surface area contributed by atoms with E-state index in [1.807, 2.05) is 97.1 Å². The number of ether oxygens (including phenoxy) is 1.